The minimum atomic E-state index is -3.76. The molecule has 5 nitrogen and oxygen atoms in total. The van der Waals surface area contributed by atoms with E-state index in [0.29, 0.717) is 12.5 Å². The van der Waals surface area contributed by atoms with Crippen molar-refractivity contribution >= 4 is 16.0 Å². The Morgan fingerprint density at radius 2 is 1.95 bits per heavy atom. The Morgan fingerprint density at radius 3 is 2.55 bits per heavy atom. The average Bonchev–Trinajstić information content (AvgIpc) is 2.38. The van der Waals surface area contributed by atoms with Gasteiger partial charge >= 0.3 is 5.97 Å². The third-order valence-electron chi connectivity index (χ3n) is 3.78. The van der Waals surface area contributed by atoms with Gasteiger partial charge in [-0.1, -0.05) is 19.1 Å². The van der Waals surface area contributed by atoms with Crippen LogP contribution in [-0.2, 0) is 10.0 Å². The van der Waals surface area contributed by atoms with Gasteiger partial charge in [-0.25, -0.2) is 13.2 Å². The maximum absolute atomic E-state index is 12.7. The lowest BCUT2D eigenvalue weighted by atomic mass is 9.95. The number of carboxylic acids is 1. The number of carbonyl (C=O) groups is 1. The lowest BCUT2D eigenvalue weighted by Gasteiger charge is -2.35. The van der Waals surface area contributed by atoms with Crippen LogP contribution in [0.4, 0.5) is 0 Å². The molecule has 0 radical (unpaired) electrons. The summed E-state index contributed by atoms with van der Waals surface area (Å²) in [5, 5.41) is 9.15. The topological polar surface area (TPSA) is 74.7 Å². The van der Waals surface area contributed by atoms with Gasteiger partial charge in [0.1, 0.15) is 0 Å². The number of benzene rings is 1. The molecular weight excluding hydrogens is 278 g/mol. The van der Waals surface area contributed by atoms with E-state index < -0.39 is 16.0 Å². The highest BCUT2D eigenvalue weighted by Gasteiger charge is 2.35. The van der Waals surface area contributed by atoms with Crippen molar-refractivity contribution < 1.29 is 18.3 Å². The van der Waals surface area contributed by atoms with Crippen molar-refractivity contribution in [2.24, 2.45) is 5.92 Å². The standard InChI is InChI=1S/C14H19NO4S/c1-10-7-8-15(11(2)9-10)20(18,19)13-6-4-3-5-12(13)14(16)17/h3-6,10-11H,7-9H2,1-2H3,(H,16,17). The Bertz CT molecular complexity index is 611. The van der Waals surface area contributed by atoms with Gasteiger partial charge in [-0.05, 0) is 37.8 Å². The molecule has 0 amide bonds. The van der Waals surface area contributed by atoms with Gasteiger partial charge in [0.2, 0.25) is 10.0 Å². The van der Waals surface area contributed by atoms with Crippen molar-refractivity contribution in [2.45, 2.75) is 37.6 Å². The van der Waals surface area contributed by atoms with E-state index in [1.165, 1.54) is 22.5 Å². The number of rotatable bonds is 3. The second-order valence-electron chi connectivity index (χ2n) is 5.40. The van der Waals surface area contributed by atoms with Gasteiger partial charge in [-0.2, -0.15) is 4.31 Å². The highest BCUT2D eigenvalue weighted by atomic mass is 32.2. The highest BCUT2D eigenvalue weighted by molar-refractivity contribution is 7.89. The van der Waals surface area contributed by atoms with E-state index in [1.54, 1.807) is 6.07 Å². The van der Waals surface area contributed by atoms with Crippen molar-refractivity contribution in [2.75, 3.05) is 6.54 Å². The molecule has 110 valence electrons. The van der Waals surface area contributed by atoms with Crippen LogP contribution in [0.15, 0.2) is 29.2 Å². The smallest absolute Gasteiger partial charge is 0.337 e. The summed E-state index contributed by atoms with van der Waals surface area (Å²) in [6.45, 7) is 4.42. The van der Waals surface area contributed by atoms with Gasteiger partial charge in [0.15, 0.2) is 0 Å². The predicted octanol–water partition coefficient (Wildman–Crippen LogP) is 2.19. The van der Waals surface area contributed by atoms with Gasteiger partial charge in [0, 0.05) is 12.6 Å². The molecule has 1 heterocycles. The zero-order valence-electron chi connectivity index (χ0n) is 11.6. The quantitative estimate of drug-likeness (QED) is 0.928. The summed E-state index contributed by atoms with van der Waals surface area (Å²) in [7, 11) is -3.76. The fourth-order valence-electron chi connectivity index (χ4n) is 2.74. The normalized spacial score (nSPS) is 24.5. The van der Waals surface area contributed by atoms with Crippen molar-refractivity contribution in [1.82, 2.24) is 4.31 Å². The monoisotopic (exact) mass is 297 g/mol. The molecule has 1 aliphatic heterocycles. The first kappa shape index (κ1) is 15.0. The summed E-state index contributed by atoms with van der Waals surface area (Å²) in [6.07, 6.45) is 1.60. The van der Waals surface area contributed by atoms with Crippen LogP contribution in [-0.4, -0.2) is 36.4 Å². The maximum atomic E-state index is 12.7. The van der Waals surface area contributed by atoms with Crippen LogP contribution in [0, 0.1) is 5.92 Å². The molecule has 1 aromatic rings. The van der Waals surface area contributed by atoms with E-state index >= 15 is 0 Å². The Morgan fingerprint density at radius 1 is 1.30 bits per heavy atom. The van der Waals surface area contributed by atoms with Gasteiger partial charge in [0.05, 0.1) is 10.5 Å². The summed E-state index contributed by atoms with van der Waals surface area (Å²) in [5.74, 6) is -0.728. The van der Waals surface area contributed by atoms with Crippen LogP contribution >= 0.6 is 0 Å². The second-order valence-corrected chi connectivity index (χ2v) is 7.25. The van der Waals surface area contributed by atoms with Gasteiger partial charge < -0.3 is 5.11 Å². The number of hydrogen-bond acceptors (Lipinski definition) is 3. The molecule has 6 heteroatoms. The van der Waals surface area contributed by atoms with E-state index in [0.717, 1.165) is 12.8 Å². The largest absolute Gasteiger partial charge is 0.478 e. The van der Waals surface area contributed by atoms with Crippen LogP contribution in [0.2, 0.25) is 0 Å². The molecule has 0 spiro atoms. The minimum Gasteiger partial charge on any atom is -0.478 e. The second kappa shape index (κ2) is 5.54. The molecule has 2 rings (SSSR count). The predicted molar refractivity (Wildman–Crippen MR) is 75.2 cm³/mol. The van der Waals surface area contributed by atoms with Gasteiger partial charge in [-0.15, -0.1) is 0 Å². The summed E-state index contributed by atoms with van der Waals surface area (Å²) < 4.78 is 26.8. The lowest BCUT2D eigenvalue weighted by Crippen LogP contribution is -2.44. The van der Waals surface area contributed by atoms with Crippen LogP contribution in [0.5, 0.6) is 0 Å². The number of sulfonamides is 1. The van der Waals surface area contributed by atoms with Gasteiger partial charge in [-0.3, -0.25) is 0 Å². The van der Waals surface area contributed by atoms with Crippen molar-refractivity contribution in [1.29, 1.82) is 0 Å². The molecular formula is C14H19NO4S. The number of nitrogens with zero attached hydrogens (tertiary/aromatic N) is 1. The molecule has 1 aliphatic rings. The Kier molecular flexibility index (Phi) is 4.15. The Labute approximate surface area is 119 Å². The zero-order valence-corrected chi connectivity index (χ0v) is 12.4. The third-order valence-corrected chi connectivity index (χ3v) is 5.85. The van der Waals surface area contributed by atoms with E-state index in [4.69, 9.17) is 5.11 Å². The molecule has 20 heavy (non-hydrogen) atoms. The van der Waals surface area contributed by atoms with Crippen LogP contribution in [0.25, 0.3) is 0 Å². The van der Waals surface area contributed by atoms with Gasteiger partial charge in [0.25, 0.3) is 0 Å². The summed E-state index contributed by atoms with van der Waals surface area (Å²) in [4.78, 5) is 11.1. The molecule has 1 fully saturated rings. The van der Waals surface area contributed by atoms with Crippen LogP contribution in [0.1, 0.15) is 37.0 Å². The maximum Gasteiger partial charge on any atom is 0.337 e. The third kappa shape index (κ3) is 2.71. The summed E-state index contributed by atoms with van der Waals surface area (Å²) in [6, 6.07) is 5.67. The van der Waals surface area contributed by atoms with Crippen LogP contribution < -0.4 is 0 Å². The fraction of sp³-hybridized carbons (Fsp3) is 0.500. The number of piperidine rings is 1. The molecule has 1 aromatic carbocycles. The molecule has 2 atom stereocenters. The summed E-state index contributed by atoms with van der Waals surface area (Å²) in [5.41, 5.74) is -0.168. The molecule has 0 aliphatic carbocycles. The molecule has 0 saturated carbocycles. The molecule has 1 saturated heterocycles. The average molecular weight is 297 g/mol. The van der Waals surface area contributed by atoms with E-state index in [2.05, 4.69) is 6.92 Å². The Balaban J connectivity index is 2.43. The van der Waals surface area contributed by atoms with E-state index in [1.807, 2.05) is 6.92 Å². The van der Waals surface area contributed by atoms with Crippen molar-refractivity contribution in [3.63, 3.8) is 0 Å². The minimum absolute atomic E-state index is 0.106. The summed E-state index contributed by atoms with van der Waals surface area (Å²) >= 11 is 0. The molecule has 0 bridgehead atoms. The zero-order chi connectivity index (χ0) is 14.9. The van der Waals surface area contributed by atoms with E-state index in [9.17, 15) is 13.2 Å². The Hall–Kier alpha value is -1.40. The van der Waals surface area contributed by atoms with Crippen LogP contribution in [0.3, 0.4) is 0 Å². The molecule has 2 unspecified atom stereocenters. The molecule has 0 aromatic heterocycles. The lowest BCUT2D eigenvalue weighted by molar-refractivity contribution is 0.0692. The van der Waals surface area contributed by atoms with E-state index in [-0.39, 0.29) is 16.5 Å². The number of aromatic carboxylic acids is 1. The number of hydrogen-bond donors (Lipinski definition) is 1. The molecule has 1 N–H and O–H groups in total. The van der Waals surface area contributed by atoms with Crippen molar-refractivity contribution in [3.8, 4) is 0 Å². The highest BCUT2D eigenvalue weighted by Crippen LogP contribution is 2.29. The number of carboxylic acid groups (broad SMARTS) is 1. The first-order chi connectivity index (χ1) is 9.34. The first-order valence-corrected chi connectivity index (χ1v) is 8.12. The SMILES string of the molecule is CC1CCN(S(=O)(=O)c2ccccc2C(=O)O)C(C)C1. The van der Waals surface area contributed by atoms with Crippen molar-refractivity contribution in [3.05, 3.63) is 29.8 Å². The first-order valence-electron chi connectivity index (χ1n) is 6.68. The fourth-order valence-corrected chi connectivity index (χ4v) is 4.58.